The molecular weight excluding hydrogens is 452 g/mol. The lowest BCUT2D eigenvalue weighted by atomic mass is 9.67. The minimum absolute atomic E-state index is 0.00357. The van der Waals surface area contributed by atoms with E-state index in [1.165, 1.54) is 153 Å². The van der Waals surface area contributed by atoms with Gasteiger partial charge in [-0.05, 0) is 31.1 Å². The van der Waals surface area contributed by atoms with Crippen LogP contribution in [0.4, 0.5) is 0 Å². The van der Waals surface area contributed by atoms with Crippen molar-refractivity contribution in [3.8, 4) is 0 Å². The Kier molecular flexibility index (Phi) is 21.1. The van der Waals surface area contributed by atoms with E-state index in [0.29, 0.717) is 12.8 Å². The second kappa shape index (κ2) is 22.5. The summed E-state index contributed by atoms with van der Waals surface area (Å²) < 4.78 is 0. The molecule has 0 aliphatic heterocycles. The van der Waals surface area contributed by atoms with Crippen LogP contribution >= 0.6 is 0 Å². The van der Waals surface area contributed by atoms with Gasteiger partial charge >= 0.3 is 0 Å². The van der Waals surface area contributed by atoms with Crippen LogP contribution in [0.3, 0.4) is 0 Å². The zero-order valence-electron chi connectivity index (χ0n) is 25.8. The van der Waals surface area contributed by atoms with Crippen molar-refractivity contribution >= 4 is 0 Å². The van der Waals surface area contributed by atoms with Crippen LogP contribution in [-0.2, 0) is 0 Å². The van der Waals surface area contributed by atoms with Crippen molar-refractivity contribution in [2.24, 2.45) is 5.41 Å². The van der Waals surface area contributed by atoms with Crippen LogP contribution in [0.25, 0.3) is 0 Å². The van der Waals surface area contributed by atoms with Crippen LogP contribution < -0.4 is 0 Å². The molecule has 0 saturated carbocycles. The molecule has 0 spiro atoms. The molecular formula is C35H68O2. The van der Waals surface area contributed by atoms with Gasteiger partial charge < -0.3 is 10.2 Å². The standard InChI is InChI=1S/C35H68O2/c1-4-7-10-12-14-16-18-20-22-25-28-34(29-26-23-21-19-17-15-13-11-8-5-2)30-33(27-24-9-6-3)31-35(36,37)32-34/h30,36-37H,4-29,31-32H2,1-3H3. The molecule has 37 heavy (non-hydrogen) atoms. The molecule has 0 heterocycles. The fourth-order valence-corrected chi connectivity index (χ4v) is 6.66. The van der Waals surface area contributed by atoms with Gasteiger partial charge in [-0.2, -0.15) is 0 Å². The van der Waals surface area contributed by atoms with Crippen LogP contribution in [0.1, 0.15) is 201 Å². The normalized spacial score (nSPS) is 16.7. The Bertz CT molecular complexity index is 511. The van der Waals surface area contributed by atoms with Crippen molar-refractivity contribution in [2.75, 3.05) is 0 Å². The summed E-state index contributed by atoms with van der Waals surface area (Å²) in [5.74, 6) is -1.51. The van der Waals surface area contributed by atoms with Crippen LogP contribution in [0.2, 0.25) is 0 Å². The monoisotopic (exact) mass is 521 g/mol. The van der Waals surface area contributed by atoms with Gasteiger partial charge in [0.25, 0.3) is 0 Å². The van der Waals surface area contributed by atoms with Gasteiger partial charge in [0.1, 0.15) is 0 Å². The van der Waals surface area contributed by atoms with Crippen molar-refractivity contribution in [3.05, 3.63) is 11.6 Å². The van der Waals surface area contributed by atoms with Crippen LogP contribution in [0.5, 0.6) is 0 Å². The van der Waals surface area contributed by atoms with E-state index < -0.39 is 5.79 Å². The number of allylic oxidation sites excluding steroid dienone is 1. The number of rotatable bonds is 26. The molecule has 2 N–H and O–H groups in total. The highest BCUT2D eigenvalue weighted by atomic mass is 16.5. The molecule has 2 heteroatoms. The van der Waals surface area contributed by atoms with Crippen molar-refractivity contribution in [3.63, 3.8) is 0 Å². The van der Waals surface area contributed by atoms with E-state index in [9.17, 15) is 10.2 Å². The van der Waals surface area contributed by atoms with Gasteiger partial charge in [0.05, 0.1) is 0 Å². The van der Waals surface area contributed by atoms with Crippen molar-refractivity contribution in [1.82, 2.24) is 0 Å². The van der Waals surface area contributed by atoms with E-state index in [-0.39, 0.29) is 5.41 Å². The van der Waals surface area contributed by atoms with Gasteiger partial charge in [-0.1, -0.05) is 174 Å². The average Bonchev–Trinajstić information content (AvgIpc) is 2.85. The Morgan fingerprint density at radius 1 is 0.514 bits per heavy atom. The summed E-state index contributed by atoms with van der Waals surface area (Å²) in [5.41, 5.74) is 1.33. The molecule has 0 fully saturated rings. The van der Waals surface area contributed by atoms with E-state index in [0.717, 1.165) is 19.3 Å². The Morgan fingerprint density at radius 2 is 0.865 bits per heavy atom. The Hall–Kier alpha value is -0.340. The molecule has 0 radical (unpaired) electrons. The van der Waals surface area contributed by atoms with Gasteiger partial charge in [-0.25, -0.2) is 0 Å². The first kappa shape index (κ1) is 34.7. The van der Waals surface area contributed by atoms with Crippen LogP contribution in [0.15, 0.2) is 11.6 Å². The summed E-state index contributed by atoms with van der Waals surface area (Å²) in [7, 11) is 0. The number of aliphatic hydroxyl groups is 2. The lowest BCUT2D eigenvalue weighted by molar-refractivity contribution is -0.186. The zero-order chi connectivity index (χ0) is 27.1. The number of hydrogen-bond acceptors (Lipinski definition) is 2. The molecule has 0 amide bonds. The Balaban J connectivity index is 2.50. The molecule has 0 saturated heterocycles. The molecule has 0 aromatic rings. The van der Waals surface area contributed by atoms with Gasteiger partial charge in [0.2, 0.25) is 0 Å². The minimum Gasteiger partial charge on any atom is -0.365 e. The summed E-state index contributed by atoms with van der Waals surface area (Å²) in [4.78, 5) is 0. The second-order valence-electron chi connectivity index (χ2n) is 12.8. The average molecular weight is 521 g/mol. The van der Waals surface area contributed by atoms with Crippen molar-refractivity contribution in [2.45, 2.75) is 206 Å². The topological polar surface area (TPSA) is 40.5 Å². The minimum atomic E-state index is -1.51. The van der Waals surface area contributed by atoms with Gasteiger partial charge in [-0.3, -0.25) is 0 Å². The highest BCUT2D eigenvalue weighted by Gasteiger charge is 2.41. The molecule has 1 rings (SSSR count). The molecule has 220 valence electrons. The third-order valence-electron chi connectivity index (χ3n) is 8.81. The van der Waals surface area contributed by atoms with Gasteiger partial charge in [0.15, 0.2) is 5.79 Å². The number of hydrogen-bond donors (Lipinski definition) is 2. The molecule has 1 aliphatic carbocycles. The maximum atomic E-state index is 10.9. The highest BCUT2D eigenvalue weighted by Crippen LogP contribution is 2.47. The fraction of sp³-hybridized carbons (Fsp3) is 0.943. The van der Waals surface area contributed by atoms with Crippen molar-refractivity contribution in [1.29, 1.82) is 0 Å². The highest BCUT2D eigenvalue weighted by molar-refractivity contribution is 5.17. The van der Waals surface area contributed by atoms with E-state index in [1.807, 2.05) is 0 Å². The number of unbranched alkanes of at least 4 members (excludes halogenated alkanes) is 20. The van der Waals surface area contributed by atoms with Crippen molar-refractivity contribution < 1.29 is 10.2 Å². The molecule has 0 aromatic carbocycles. The predicted molar refractivity (Wildman–Crippen MR) is 164 cm³/mol. The lowest BCUT2D eigenvalue weighted by Crippen LogP contribution is -2.40. The first-order chi connectivity index (χ1) is 18.0. The predicted octanol–water partition coefficient (Wildman–Crippen LogP) is 11.6. The third kappa shape index (κ3) is 18.6. The summed E-state index contributed by atoms with van der Waals surface area (Å²) in [6.07, 6.45) is 37.8. The summed E-state index contributed by atoms with van der Waals surface area (Å²) >= 11 is 0. The van der Waals surface area contributed by atoms with Crippen LogP contribution in [-0.4, -0.2) is 16.0 Å². The second-order valence-corrected chi connectivity index (χ2v) is 12.8. The largest absolute Gasteiger partial charge is 0.365 e. The molecule has 0 atom stereocenters. The summed E-state index contributed by atoms with van der Waals surface area (Å²) in [6.45, 7) is 6.82. The first-order valence-electron chi connectivity index (χ1n) is 17.1. The van der Waals surface area contributed by atoms with E-state index in [4.69, 9.17) is 0 Å². The quantitative estimate of drug-likeness (QED) is 0.0676. The SMILES string of the molecule is CCCCCCCCCCCCC1(CCCCCCCCCCCC)C=C(CCCCC)CC(O)(O)C1. The van der Waals surface area contributed by atoms with Crippen LogP contribution in [0, 0.1) is 5.41 Å². The maximum absolute atomic E-state index is 10.9. The molecule has 1 aliphatic rings. The van der Waals surface area contributed by atoms with E-state index >= 15 is 0 Å². The zero-order valence-corrected chi connectivity index (χ0v) is 25.8. The Labute approximate surface area is 233 Å². The lowest BCUT2D eigenvalue weighted by Gasteiger charge is -2.42. The Morgan fingerprint density at radius 3 is 1.27 bits per heavy atom. The molecule has 0 aromatic heterocycles. The smallest absolute Gasteiger partial charge is 0.167 e. The summed E-state index contributed by atoms with van der Waals surface area (Å²) in [5, 5.41) is 21.7. The molecule has 0 bridgehead atoms. The van der Waals surface area contributed by atoms with E-state index in [1.54, 1.807) is 0 Å². The van der Waals surface area contributed by atoms with E-state index in [2.05, 4.69) is 26.8 Å². The fourth-order valence-electron chi connectivity index (χ4n) is 6.66. The summed E-state index contributed by atoms with van der Waals surface area (Å²) in [6, 6.07) is 0. The van der Waals surface area contributed by atoms with Gasteiger partial charge in [0, 0.05) is 12.8 Å². The molecule has 2 nitrogen and oxygen atoms in total. The van der Waals surface area contributed by atoms with Gasteiger partial charge in [-0.15, -0.1) is 0 Å². The third-order valence-corrected chi connectivity index (χ3v) is 8.81. The first-order valence-corrected chi connectivity index (χ1v) is 17.1. The maximum Gasteiger partial charge on any atom is 0.167 e. The molecule has 0 unspecified atom stereocenters.